The molecule has 2 aromatic carbocycles. The van der Waals surface area contributed by atoms with E-state index in [0.29, 0.717) is 35.1 Å². The van der Waals surface area contributed by atoms with E-state index in [9.17, 15) is 15.1 Å². The Balaban J connectivity index is 1.78. The number of aliphatic hydroxyl groups excluding tert-OH is 1. The van der Waals surface area contributed by atoms with Gasteiger partial charge in [0.25, 0.3) is 5.91 Å². The predicted octanol–water partition coefficient (Wildman–Crippen LogP) is 3.56. The van der Waals surface area contributed by atoms with Gasteiger partial charge in [0.15, 0.2) is 0 Å². The lowest BCUT2D eigenvalue weighted by Gasteiger charge is -2.30. The molecule has 3 rings (SSSR count). The molecule has 1 aliphatic rings. The van der Waals surface area contributed by atoms with Crippen molar-refractivity contribution in [1.82, 2.24) is 9.96 Å². The summed E-state index contributed by atoms with van der Waals surface area (Å²) in [5.74, 6) is -0.465. The van der Waals surface area contributed by atoms with Crippen LogP contribution in [0.3, 0.4) is 0 Å². The Labute approximate surface area is 168 Å². The van der Waals surface area contributed by atoms with Crippen LogP contribution in [-0.2, 0) is 11.2 Å². The number of nitrogens with zero attached hydrogens (tertiary/aromatic N) is 2. The van der Waals surface area contributed by atoms with Crippen LogP contribution >= 0.6 is 23.2 Å². The molecule has 1 fully saturated rings. The molecule has 2 N–H and O–H groups in total. The summed E-state index contributed by atoms with van der Waals surface area (Å²) < 4.78 is 0. The fraction of sp³-hybridized carbons (Fsp3) is 0.350. The highest BCUT2D eigenvalue weighted by Crippen LogP contribution is 2.26. The predicted molar refractivity (Wildman–Crippen MR) is 105 cm³/mol. The molecule has 0 spiro atoms. The van der Waals surface area contributed by atoms with Crippen LogP contribution in [0.15, 0.2) is 48.5 Å². The Morgan fingerprint density at radius 2 is 1.96 bits per heavy atom. The highest BCUT2D eigenvalue weighted by Gasteiger charge is 2.29. The molecule has 1 saturated heterocycles. The van der Waals surface area contributed by atoms with Crippen LogP contribution in [0.5, 0.6) is 0 Å². The highest BCUT2D eigenvalue weighted by atomic mass is 35.5. The maximum absolute atomic E-state index is 12.7. The number of carbonyl (C=O) groups excluding carboxylic acids is 1. The number of carbonyl (C=O) groups is 1. The average Bonchev–Trinajstić information content (AvgIpc) is 3.08. The number of aliphatic hydroxyl groups is 1. The van der Waals surface area contributed by atoms with Crippen LogP contribution in [0, 0.1) is 0 Å². The van der Waals surface area contributed by atoms with Gasteiger partial charge in [-0.25, -0.2) is 5.06 Å². The molecule has 0 unspecified atom stereocenters. The molecule has 1 heterocycles. The number of hydrogen-bond donors (Lipinski definition) is 2. The molecule has 0 bridgehead atoms. The van der Waals surface area contributed by atoms with Gasteiger partial charge in [0.1, 0.15) is 0 Å². The van der Waals surface area contributed by atoms with E-state index >= 15 is 0 Å². The third kappa shape index (κ3) is 5.21. The lowest BCUT2D eigenvalue weighted by atomic mass is 10.0. The number of hydrogen-bond acceptors (Lipinski definition) is 4. The normalized spacial score (nSPS) is 18.4. The number of amides is 1. The Hall–Kier alpha value is -1.63. The Morgan fingerprint density at radius 1 is 1.22 bits per heavy atom. The van der Waals surface area contributed by atoms with Gasteiger partial charge in [0, 0.05) is 29.7 Å². The first-order valence-electron chi connectivity index (χ1n) is 8.84. The van der Waals surface area contributed by atoms with E-state index in [1.54, 1.807) is 18.2 Å². The summed E-state index contributed by atoms with van der Waals surface area (Å²) >= 11 is 12.1. The first-order valence-corrected chi connectivity index (χ1v) is 9.60. The highest BCUT2D eigenvalue weighted by molar-refractivity contribution is 6.33. The van der Waals surface area contributed by atoms with Crippen molar-refractivity contribution in [1.29, 1.82) is 0 Å². The summed E-state index contributed by atoms with van der Waals surface area (Å²) in [6.45, 7) is 1.70. The van der Waals surface area contributed by atoms with Crippen LogP contribution in [-0.4, -0.2) is 51.9 Å². The first kappa shape index (κ1) is 20.1. The van der Waals surface area contributed by atoms with Crippen molar-refractivity contribution in [3.05, 3.63) is 69.7 Å². The summed E-state index contributed by atoms with van der Waals surface area (Å²) in [6.07, 6.45) is 0.274. The van der Waals surface area contributed by atoms with Gasteiger partial charge >= 0.3 is 0 Å². The number of rotatable bonds is 6. The van der Waals surface area contributed by atoms with Crippen LogP contribution in [0.1, 0.15) is 23.6 Å². The number of hydroxylamine groups is 2. The Bertz CT molecular complexity index is 788. The first-order chi connectivity index (χ1) is 12.9. The fourth-order valence-corrected chi connectivity index (χ4v) is 3.70. The second-order valence-corrected chi connectivity index (χ2v) is 7.62. The van der Waals surface area contributed by atoms with E-state index in [1.807, 2.05) is 35.2 Å². The summed E-state index contributed by atoms with van der Waals surface area (Å²) in [5, 5.41) is 22.2. The molecule has 1 aliphatic heterocycles. The summed E-state index contributed by atoms with van der Waals surface area (Å²) in [7, 11) is 0. The van der Waals surface area contributed by atoms with Crippen LogP contribution in [0.2, 0.25) is 10.0 Å². The van der Waals surface area contributed by atoms with E-state index in [1.165, 1.54) is 0 Å². The monoisotopic (exact) mass is 408 g/mol. The number of benzene rings is 2. The third-order valence-corrected chi connectivity index (χ3v) is 5.37. The molecule has 0 saturated carbocycles. The Morgan fingerprint density at radius 3 is 2.63 bits per heavy atom. The quantitative estimate of drug-likeness (QED) is 0.566. The number of halogens is 2. The molecule has 0 radical (unpaired) electrons. The van der Waals surface area contributed by atoms with E-state index in [-0.39, 0.29) is 12.5 Å². The average molecular weight is 409 g/mol. The van der Waals surface area contributed by atoms with Crippen LogP contribution in [0.4, 0.5) is 0 Å². The molecule has 2 aromatic rings. The maximum atomic E-state index is 12.7. The molecule has 7 heteroatoms. The summed E-state index contributed by atoms with van der Waals surface area (Å²) in [5.41, 5.74) is 1.39. The second-order valence-electron chi connectivity index (χ2n) is 6.78. The molecule has 2 atom stereocenters. The zero-order chi connectivity index (χ0) is 19.4. The molecule has 0 aliphatic carbocycles. The van der Waals surface area contributed by atoms with Crippen molar-refractivity contribution < 1.29 is 15.1 Å². The van der Waals surface area contributed by atoms with Crippen molar-refractivity contribution in [3.8, 4) is 0 Å². The van der Waals surface area contributed by atoms with Gasteiger partial charge in [0.05, 0.1) is 18.6 Å². The second kappa shape index (κ2) is 9.04. The zero-order valence-corrected chi connectivity index (χ0v) is 16.3. The maximum Gasteiger partial charge on any atom is 0.251 e. The smallest absolute Gasteiger partial charge is 0.251 e. The summed E-state index contributed by atoms with van der Waals surface area (Å²) in [6, 6.07) is 13.7. The van der Waals surface area contributed by atoms with Crippen molar-refractivity contribution in [2.75, 3.05) is 19.6 Å². The van der Waals surface area contributed by atoms with Gasteiger partial charge in [-0.15, -0.1) is 0 Å². The van der Waals surface area contributed by atoms with E-state index in [4.69, 9.17) is 23.2 Å². The molecule has 5 nitrogen and oxygen atoms in total. The standard InChI is InChI=1S/C20H22Cl2N2O3/c21-16-6-7-18(22)15(10-16)11-20(26)24(27)19(14-4-2-1-3-5-14)13-23-9-8-17(25)12-23/h1-7,10,17,19,25,27H,8-9,11-13H2/t17-,19+/m0/s1. The molecule has 144 valence electrons. The minimum absolute atomic E-state index is 0.0537. The molecule has 1 amide bonds. The number of β-amino-alcohol motifs (C(OH)–C–C–N with tert-alkyl or cyclic N) is 1. The van der Waals surface area contributed by atoms with Crippen molar-refractivity contribution in [2.45, 2.75) is 25.0 Å². The Kier molecular flexibility index (Phi) is 6.73. The van der Waals surface area contributed by atoms with Crippen molar-refractivity contribution in [3.63, 3.8) is 0 Å². The fourth-order valence-electron chi connectivity index (χ4n) is 3.32. The van der Waals surface area contributed by atoms with Crippen molar-refractivity contribution >= 4 is 29.1 Å². The molecule has 0 aromatic heterocycles. The van der Waals surface area contributed by atoms with Crippen LogP contribution < -0.4 is 0 Å². The van der Waals surface area contributed by atoms with Gasteiger partial charge in [-0.3, -0.25) is 14.9 Å². The van der Waals surface area contributed by atoms with E-state index in [0.717, 1.165) is 17.2 Å². The SMILES string of the molecule is O=C(Cc1cc(Cl)ccc1Cl)N(O)[C@H](CN1CC[C@H](O)C1)c1ccccc1. The zero-order valence-electron chi connectivity index (χ0n) is 14.8. The van der Waals surface area contributed by atoms with Gasteiger partial charge in [-0.2, -0.15) is 0 Å². The van der Waals surface area contributed by atoms with E-state index < -0.39 is 11.9 Å². The third-order valence-electron chi connectivity index (χ3n) is 4.76. The van der Waals surface area contributed by atoms with E-state index in [2.05, 4.69) is 0 Å². The van der Waals surface area contributed by atoms with Gasteiger partial charge < -0.3 is 5.11 Å². The van der Waals surface area contributed by atoms with Gasteiger partial charge in [-0.1, -0.05) is 53.5 Å². The topological polar surface area (TPSA) is 64.0 Å². The molecular formula is C20H22Cl2N2O3. The lowest BCUT2D eigenvalue weighted by Crippen LogP contribution is -2.40. The summed E-state index contributed by atoms with van der Waals surface area (Å²) in [4.78, 5) is 14.8. The molecular weight excluding hydrogens is 387 g/mol. The minimum atomic E-state index is -0.540. The van der Waals surface area contributed by atoms with Crippen molar-refractivity contribution in [2.24, 2.45) is 0 Å². The van der Waals surface area contributed by atoms with Gasteiger partial charge in [-0.05, 0) is 35.7 Å². The minimum Gasteiger partial charge on any atom is -0.392 e. The lowest BCUT2D eigenvalue weighted by molar-refractivity contribution is -0.177. The largest absolute Gasteiger partial charge is 0.392 e. The number of likely N-dealkylation sites (tertiary alicyclic amines) is 1. The molecule has 27 heavy (non-hydrogen) atoms. The van der Waals surface area contributed by atoms with Gasteiger partial charge in [0.2, 0.25) is 0 Å². The van der Waals surface area contributed by atoms with Crippen LogP contribution in [0.25, 0.3) is 0 Å².